The smallest absolute Gasteiger partial charge is 0.404 e. The normalized spacial score (nSPS) is 12.4. The third-order valence-electron chi connectivity index (χ3n) is 2.84. The van der Waals surface area contributed by atoms with Crippen molar-refractivity contribution < 1.29 is 9.90 Å². The lowest BCUT2D eigenvalue weighted by molar-refractivity contribution is 0.190. The van der Waals surface area contributed by atoms with Gasteiger partial charge in [-0.05, 0) is 30.0 Å². The molecule has 0 heterocycles. The van der Waals surface area contributed by atoms with Crippen LogP contribution < -0.4 is 5.32 Å². The summed E-state index contributed by atoms with van der Waals surface area (Å²) in [5, 5.41) is 14.8. The van der Waals surface area contributed by atoms with Crippen LogP contribution in [0.1, 0.15) is 31.9 Å². The van der Waals surface area contributed by atoms with E-state index in [1.54, 1.807) is 6.92 Å². The first-order chi connectivity index (χ1) is 8.85. The van der Waals surface area contributed by atoms with Crippen LogP contribution in [0, 0.1) is 0 Å². The number of amides is 1. The maximum Gasteiger partial charge on any atom is 0.404 e. The van der Waals surface area contributed by atoms with Crippen LogP contribution in [-0.4, -0.2) is 17.2 Å². The highest BCUT2D eigenvalue weighted by atomic mass is 16.4. The van der Waals surface area contributed by atoms with Crippen molar-refractivity contribution in [3.05, 3.63) is 45.8 Å². The monoisotopic (exact) mass is 262 g/mol. The van der Waals surface area contributed by atoms with Gasteiger partial charge in [0.05, 0.1) is 5.54 Å². The minimum atomic E-state index is -1.03. The zero-order chi connectivity index (χ0) is 14.5. The lowest BCUT2D eigenvalue weighted by atomic mass is 9.92. The molecule has 0 saturated heterocycles. The number of azide groups is 1. The van der Waals surface area contributed by atoms with E-state index >= 15 is 0 Å². The summed E-state index contributed by atoms with van der Waals surface area (Å²) in [4.78, 5) is 13.4. The zero-order valence-electron chi connectivity index (χ0n) is 11.3. The Morgan fingerprint density at radius 2 is 2.26 bits per heavy atom. The minimum absolute atomic E-state index is 0.171. The summed E-state index contributed by atoms with van der Waals surface area (Å²) >= 11 is 0. The molecule has 1 aromatic rings. The second kappa shape index (κ2) is 6.11. The van der Waals surface area contributed by atoms with E-state index in [2.05, 4.69) is 15.3 Å². The van der Waals surface area contributed by atoms with E-state index in [1.165, 1.54) is 0 Å². The molecule has 1 unspecified atom stereocenters. The topological polar surface area (TPSA) is 98.1 Å². The quantitative estimate of drug-likeness (QED) is 0.482. The Kier molecular flexibility index (Phi) is 4.78. The van der Waals surface area contributed by atoms with Crippen LogP contribution in [0.15, 0.2) is 29.4 Å². The van der Waals surface area contributed by atoms with Gasteiger partial charge in [0.1, 0.15) is 0 Å². The number of nitrogens with zero attached hydrogens (tertiary/aromatic N) is 3. The van der Waals surface area contributed by atoms with Crippen LogP contribution in [0.5, 0.6) is 0 Å². The van der Waals surface area contributed by atoms with Gasteiger partial charge in [-0.15, -0.1) is 0 Å². The minimum Gasteiger partial charge on any atom is -0.465 e. The summed E-state index contributed by atoms with van der Waals surface area (Å²) < 4.78 is 0. The van der Waals surface area contributed by atoms with E-state index in [9.17, 15) is 4.79 Å². The van der Waals surface area contributed by atoms with Crippen molar-refractivity contribution in [3.8, 4) is 0 Å². The Labute approximate surface area is 112 Å². The lowest BCUT2D eigenvalue weighted by Crippen LogP contribution is -2.32. The van der Waals surface area contributed by atoms with Gasteiger partial charge in [-0.2, -0.15) is 0 Å². The molecule has 0 radical (unpaired) electrons. The molecule has 1 amide bonds. The third kappa shape index (κ3) is 4.52. The standard InChI is InChI=1S/C13H18N4O2/c1-9(15-12(18)19)7-10-5-4-6-11(8-10)13(2,3)16-17-14/h4-6,8-9,15H,7H2,1-3H3,(H,18,19). The van der Waals surface area contributed by atoms with Crippen LogP contribution in [0.25, 0.3) is 10.4 Å². The molecule has 0 aromatic heterocycles. The number of carboxylic acid groups (broad SMARTS) is 1. The average Bonchev–Trinajstić information content (AvgIpc) is 2.28. The first kappa shape index (κ1) is 14.9. The summed E-state index contributed by atoms with van der Waals surface area (Å²) in [6.45, 7) is 5.48. The summed E-state index contributed by atoms with van der Waals surface area (Å²) in [7, 11) is 0. The van der Waals surface area contributed by atoms with Crippen LogP contribution in [0.4, 0.5) is 4.79 Å². The first-order valence-corrected chi connectivity index (χ1v) is 6.00. The Morgan fingerprint density at radius 1 is 1.58 bits per heavy atom. The van der Waals surface area contributed by atoms with Crippen LogP contribution in [0.3, 0.4) is 0 Å². The average molecular weight is 262 g/mol. The molecule has 0 aliphatic heterocycles. The third-order valence-corrected chi connectivity index (χ3v) is 2.84. The molecular weight excluding hydrogens is 244 g/mol. The van der Waals surface area contributed by atoms with E-state index in [-0.39, 0.29) is 6.04 Å². The number of rotatable bonds is 5. The molecule has 0 spiro atoms. The van der Waals surface area contributed by atoms with Gasteiger partial charge in [0.15, 0.2) is 0 Å². The van der Waals surface area contributed by atoms with Crippen molar-refractivity contribution in [2.75, 3.05) is 0 Å². The summed E-state index contributed by atoms with van der Waals surface area (Å²) in [6.07, 6.45) is -0.440. The molecule has 0 fully saturated rings. The Balaban J connectivity index is 2.88. The van der Waals surface area contributed by atoms with E-state index < -0.39 is 11.6 Å². The zero-order valence-corrected chi connectivity index (χ0v) is 11.3. The fourth-order valence-corrected chi connectivity index (χ4v) is 1.86. The number of nitrogens with one attached hydrogen (secondary N) is 1. The van der Waals surface area contributed by atoms with E-state index in [0.717, 1.165) is 11.1 Å². The Morgan fingerprint density at radius 3 is 2.84 bits per heavy atom. The molecule has 2 N–H and O–H groups in total. The maximum atomic E-state index is 10.5. The van der Waals surface area contributed by atoms with Crippen molar-refractivity contribution in [3.63, 3.8) is 0 Å². The molecule has 102 valence electrons. The van der Waals surface area contributed by atoms with Gasteiger partial charge in [-0.3, -0.25) is 0 Å². The molecule has 0 bridgehead atoms. The van der Waals surface area contributed by atoms with Crippen molar-refractivity contribution in [1.82, 2.24) is 5.32 Å². The van der Waals surface area contributed by atoms with Crippen molar-refractivity contribution in [2.45, 2.75) is 38.8 Å². The lowest BCUT2D eigenvalue weighted by Gasteiger charge is -2.20. The van der Waals surface area contributed by atoms with E-state index in [0.29, 0.717) is 6.42 Å². The molecular formula is C13H18N4O2. The fourth-order valence-electron chi connectivity index (χ4n) is 1.86. The van der Waals surface area contributed by atoms with Gasteiger partial charge in [0.2, 0.25) is 0 Å². The molecule has 1 atom stereocenters. The molecule has 0 aliphatic rings. The van der Waals surface area contributed by atoms with Crippen LogP contribution in [-0.2, 0) is 12.0 Å². The fraction of sp³-hybridized carbons (Fsp3) is 0.462. The second-order valence-electron chi connectivity index (χ2n) is 5.00. The number of carbonyl (C=O) groups is 1. The van der Waals surface area contributed by atoms with E-state index in [1.807, 2.05) is 38.1 Å². The number of hydrogen-bond donors (Lipinski definition) is 2. The van der Waals surface area contributed by atoms with Gasteiger partial charge in [-0.25, -0.2) is 4.79 Å². The highest BCUT2D eigenvalue weighted by molar-refractivity contribution is 5.64. The molecule has 1 rings (SSSR count). The largest absolute Gasteiger partial charge is 0.465 e. The van der Waals surface area contributed by atoms with E-state index in [4.69, 9.17) is 10.6 Å². The number of hydrogen-bond acceptors (Lipinski definition) is 2. The molecule has 6 heteroatoms. The van der Waals surface area contributed by atoms with Gasteiger partial charge < -0.3 is 10.4 Å². The van der Waals surface area contributed by atoms with Gasteiger partial charge in [0.25, 0.3) is 0 Å². The second-order valence-corrected chi connectivity index (χ2v) is 5.00. The predicted molar refractivity (Wildman–Crippen MR) is 72.9 cm³/mol. The maximum absolute atomic E-state index is 10.5. The summed E-state index contributed by atoms with van der Waals surface area (Å²) in [5.74, 6) is 0. The van der Waals surface area contributed by atoms with Gasteiger partial charge in [-0.1, -0.05) is 43.2 Å². The van der Waals surface area contributed by atoms with Crippen molar-refractivity contribution in [1.29, 1.82) is 0 Å². The highest BCUT2D eigenvalue weighted by Gasteiger charge is 2.19. The highest BCUT2D eigenvalue weighted by Crippen LogP contribution is 2.25. The van der Waals surface area contributed by atoms with Crippen molar-refractivity contribution >= 4 is 6.09 Å². The van der Waals surface area contributed by atoms with Crippen molar-refractivity contribution in [2.24, 2.45) is 5.11 Å². The molecule has 0 aliphatic carbocycles. The van der Waals surface area contributed by atoms with Crippen LogP contribution in [0.2, 0.25) is 0 Å². The number of benzene rings is 1. The summed E-state index contributed by atoms with van der Waals surface area (Å²) in [5.41, 5.74) is 9.85. The predicted octanol–water partition coefficient (Wildman–Crippen LogP) is 3.43. The molecule has 1 aromatic carbocycles. The first-order valence-electron chi connectivity index (χ1n) is 6.00. The Hall–Kier alpha value is -2.20. The summed E-state index contributed by atoms with van der Waals surface area (Å²) in [6, 6.07) is 7.47. The molecule has 19 heavy (non-hydrogen) atoms. The van der Waals surface area contributed by atoms with Crippen LogP contribution >= 0.6 is 0 Å². The molecule has 6 nitrogen and oxygen atoms in total. The van der Waals surface area contributed by atoms with Gasteiger partial charge >= 0.3 is 6.09 Å². The Bertz CT molecular complexity index is 507. The SMILES string of the molecule is CC(Cc1cccc(C(C)(C)N=[N+]=[N-])c1)NC(=O)O. The molecule has 0 saturated carbocycles. The van der Waals surface area contributed by atoms with Gasteiger partial charge in [0, 0.05) is 11.0 Å².